The lowest BCUT2D eigenvalue weighted by Gasteiger charge is -2.14. The van der Waals surface area contributed by atoms with Crippen molar-refractivity contribution in [3.63, 3.8) is 0 Å². The van der Waals surface area contributed by atoms with Crippen LogP contribution in [0.3, 0.4) is 0 Å². The Morgan fingerprint density at radius 2 is 1.82 bits per heavy atom. The van der Waals surface area contributed by atoms with E-state index in [0.29, 0.717) is 5.75 Å². The summed E-state index contributed by atoms with van der Waals surface area (Å²) in [6.45, 7) is 1.80. The molecule has 0 saturated carbocycles. The number of aliphatic imine (C=N–C) groups is 1. The summed E-state index contributed by atoms with van der Waals surface area (Å²) in [6.07, 6.45) is -3.42. The first kappa shape index (κ1) is 23.6. The molecule has 172 valence electrons. The van der Waals surface area contributed by atoms with Crippen LogP contribution in [0.1, 0.15) is 28.4 Å². The average molecular weight is 459 g/mol. The van der Waals surface area contributed by atoms with Crippen LogP contribution in [0.2, 0.25) is 0 Å². The third-order valence-corrected chi connectivity index (χ3v) is 4.47. The van der Waals surface area contributed by atoms with Gasteiger partial charge in [-0.15, -0.1) is 0 Å². The normalized spacial score (nSPS) is 11.4. The minimum atomic E-state index is -4.61. The fourth-order valence-corrected chi connectivity index (χ4v) is 2.83. The number of carbonyl (C=O) groups excluding carboxylic acids is 1. The molecule has 9 heteroatoms. The van der Waals surface area contributed by atoms with Gasteiger partial charge in [0.05, 0.1) is 19.3 Å². The van der Waals surface area contributed by atoms with E-state index in [0.717, 1.165) is 18.2 Å². The van der Waals surface area contributed by atoms with Gasteiger partial charge in [0.2, 0.25) is 0 Å². The van der Waals surface area contributed by atoms with Crippen LogP contribution >= 0.6 is 0 Å². The minimum absolute atomic E-state index is 0.0293. The maximum Gasteiger partial charge on any atom is 0.416 e. The van der Waals surface area contributed by atoms with Gasteiger partial charge in [-0.25, -0.2) is 4.79 Å². The Morgan fingerprint density at radius 1 is 1.06 bits per heavy atom. The maximum atomic E-state index is 13.3. The lowest BCUT2D eigenvalue weighted by Crippen LogP contribution is -2.07. The molecule has 3 rings (SSSR count). The average Bonchev–Trinajstić information content (AvgIpc) is 2.79. The number of para-hydroxylation sites is 1. The van der Waals surface area contributed by atoms with Crippen LogP contribution < -0.4 is 9.47 Å². The van der Waals surface area contributed by atoms with E-state index in [4.69, 9.17) is 14.2 Å². The Labute approximate surface area is 187 Å². The Balaban J connectivity index is 2.04. The Bertz CT molecular complexity index is 1180. The third-order valence-electron chi connectivity index (χ3n) is 4.47. The number of methoxy groups -OCH3 is 1. The molecule has 0 aliphatic rings. The van der Waals surface area contributed by atoms with Gasteiger partial charge in [-0.2, -0.15) is 13.2 Å². The van der Waals surface area contributed by atoms with E-state index in [1.54, 1.807) is 19.1 Å². The predicted molar refractivity (Wildman–Crippen MR) is 116 cm³/mol. The summed E-state index contributed by atoms with van der Waals surface area (Å²) in [5.41, 5.74) is -0.759. The fourth-order valence-electron chi connectivity index (χ4n) is 2.83. The van der Waals surface area contributed by atoms with E-state index in [2.05, 4.69) is 4.99 Å². The monoisotopic (exact) mass is 459 g/mol. The number of hydrogen-bond acceptors (Lipinski definition) is 6. The van der Waals surface area contributed by atoms with Crippen molar-refractivity contribution in [1.29, 1.82) is 0 Å². The maximum absolute atomic E-state index is 13.3. The number of rotatable bonds is 7. The van der Waals surface area contributed by atoms with Crippen LogP contribution in [0, 0.1) is 0 Å². The molecule has 0 radical (unpaired) electrons. The second kappa shape index (κ2) is 10.1. The number of phenols is 1. The number of halogens is 3. The van der Waals surface area contributed by atoms with Crippen molar-refractivity contribution in [2.24, 2.45) is 4.99 Å². The zero-order valence-electron chi connectivity index (χ0n) is 17.7. The van der Waals surface area contributed by atoms with Crippen molar-refractivity contribution in [2.45, 2.75) is 13.1 Å². The standard InChI is InChI=1S/C24H20F3NO5/c1-3-32-23(30)18-6-4-5-7-21(18)33-22-11-8-16(24(25,26)27)13-19(22)28-14-15-12-17(31-2)9-10-20(15)29/h4-14,29H,3H2,1-2H3. The quantitative estimate of drug-likeness (QED) is 0.339. The van der Waals surface area contributed by atoms with Gasteiger partial charge in [-0.3, -0.25) is 4.99 Å². The van der Waals surface area contributed by atoms with Crippen molar-refractivity contribution < 1.29 is 37.3 Å². The summed E-state index contributed by atoms with van der Waals surface area (Å²) in [5.74, 6) is -0.277. The molecule has 1 N–H and O–H groups in total. The van der Waals surface area contributed by atoms with Gasteiger partial charge >= 0.3 is 12.1 Å². The Kier molecular flexibility index (Phi) is 7.22. The first-order valence-electron chi connectivity index (χ1n) is 9.79. The second-order valence-corrected chi connectivity index (χ2v) is 6.68. The first-order chi connectivity index (χ1) is 15.7. The molecule has 0 aliphatic carbocycles. The van der Waals surface area contributed by atoms with Crippen molar-refractivity contribution in [2.75, 3.05) is 13.7 Å². The highest BCUT2D eigenvalue weighted by molar-refractivity contribution is 5.92. The van der Waals surface area contributed by atoms with Gasteiger partial charge in [0.15, 0.2) is 5.75 Å². The van der Waals surface area contributed by atoms with Gasteiger partial charge in [0.1, 0.15) is 28.5 Å². The molecule has 0 bridgehead atoms. The first-order valence-corrected chi connectivity index (χ1v) is 9.79. The molecule has 3 aromatic carbocycles. The molecule has 0 saturated heterocycles. The zero-order valence-corrected chi connectivity index (χ0v) is 17.7. The number of phenolic OH excluding ortho intramolecular Hbond substituents is 1. The molecule has 0 aromatic heterocycles. The molecule has 0 heterocycles. The molecule has 0 unspecified atom stereocenters. The van der Waals surface area contributed by atoms with Crippen LogP contribution in [0.25, 0.3) is 0 Å². The van der Waals surface area contributed by atoms with Crippen LogP contribution in [0.15, 0.2) is 65.7 Å². The van der Waals surface area contributed by atoms with Crippen molar-refractivity contribution >= 4 is 17.9 Å². The minimum Gasteiger partial charge on any atom is -0.507 e. The highest BCUT2D eigenvalue weighted by Gasteiger charge is 2.31. The Morgan fingerprint density at radius 3 is 2.52 bits per heavy atom. The molecule has 3 aromatic rings. The van der Waals surface area contributed by atoms with E-state index in [1.165, 1.54) is 43.7 Å². The van der Waals surface area contributed by atoms with Crippen molar-refractivity contribution in [1.82, 2.24) is 0 Å². The van der Waals surface area contributed by atoms with E-state index in [1.807, 2.05) is 0 Å². The summed E-state index contributed by atoms with van der Waals surface area (Å²) >= 11 is 0. The number of benzene rings is 3. The number of alkyl halides is 3. The van der Waals surface area contributed by atoms with Gasteiger partial charge in [-0.05, 0) is 55.5 Å². The molecule has 6 nitrogen and oxygen atoms in total. The molecule has 33 heavy (non-hydrogen) atoms. The SMILES string of the molecule is CCOC(=O)c1ccccc1Oc1ccc(C(F)(F)F)cc1N=Cc1cc(OC)ccc1O. The highest BCUT2D eigenvalue weighted by atomic mass is 19.4. The summed E-state index contributed by atoms with van der Waals surface area (Å²) in [7, 11) is 1.44. The predicted octanol–water partition coefficient (Wildman–Crippen LogP) is 6.14. The lowest BCUT2D eigenvalue weighted by molar-refractivity contribution is -0.137. The summed E-state index contributed by atoms with van der Waals surface area (Å²) in [5, 5.41) is 10.0. The lowest BCUT2D eigenvalue weighted by atomic mass is 10.1. The Hall–Kier alpha value is -4.01. The second-order valence-electron chi connectivity index (χ2n) is 6.68. The number of carbonyl (C=O) groups is 1. The summed E-state index contributed by atoms with van der Waals surface area (Å²) in [6, 6.07) is 13.3. The molecule has 0 spiro atoms. The van der Waals surface area contributed by atoms with Crippen LogP contribution in [0.4, 0.5) is 18.9 Å². The molecular formula is C24H20F3NO5. The van der Waals surface area contributed by atoms with Crippen LogP contribution in [-0.4, -0.2) is 31.0 Å². The van der Waals surface area contributed by atoms with Crippen molar-refractivity contribution in [3.05, 3.63) is 77.4 Å². The van der Waals surface area contributed by atoms with Crippen LogP contribution in [-0.2, 0) is 10.9 Å². The molecule has 0 aliphatic heterocycles. The van der Waals surface area contributed by atoms with Gasteiger partial charge in [0.25, 0.3) is 0 Å². The number of ether oxygens (including phenoxy) is 3. The topological polar surface area (TPSA) is 77.4 Å². The van der Waals surface area contributed by atoms with Gasteiger partial charge < -0.3 is 19.3 Å². The van der Waals surface area contributed by atoms with E-state index >= 15 is 0 Å². The molecule has 0 amide bonds. The smallest absolute Gasteiger partial charge is 0.416 e. The molecule has 0 atom stereocenters. The van der Waals surface area contributed by atoms with E-state index < -0.39 is 17.7 Å². The number of nitrogens with zero attached hydrogens (tertiary/aromatic N) is 1. The van der Waals surface area contributed by atoms with E-state index in [9.17, 15) is 23.1 Å². The van der Waals surface area contributed by atoms with E-state index in [-0.39, 0.29) is 40.7 Å². The summed E-state index contributed by atoms with van der Waals surface area (Å²) in [4.78, 5) is 16.3. The highest BCUT2D eigenvalue weighted by Crippen LogP contribution is 2.39. The van der Waals surface area contributed by atoms with Gasteiger partial charge in [0, 0.05) is 11.8 Å². The number of hydrogen-bond donors (Lipinski definition) is 1. The molecule has 0 fully saturated rings. The van der Waals surface area contributed by atoms with Gasteiger partial charge in [-0.1, -0.05) is 12.1 Å². The fraction of sp³-hybridized carbons (Fsp3) is 0.167. The summed E-state index contributed by atoms with van der Waals surface area (Å²) < 4.78 is 55.8. The van der Waals surface area contributed by atoms with Crippen LogP contribution in [0.5, 0.6) is 23.0 Å². The number of esters is 1. The third kappa shape index (κ3) is 5.82. The molecular weight excluding hydrogens is 439 g/mol. The number of aromatic hydroxyl groups is 1. The largest absolute Gasteiger partial charge is 0.507 e. The zero-order chi connectivity index (χ0) is 24.0. The van der Waals surface area contributed by atoms with Crippen molar-refractivity contribution in [3.8, 4) is 23.0 Å².